The third-order valence-electron chi connectivity index (χ3n) is 0.345. The van der Waals surface area contributed by atoms with E-state index < -0.39 is 5.95 Å². The summed E-state index contributed by atoms with van der Waals surface area (Å²) in [6.07, 6.45) is 0. The fourth-order valence-corrected chi connectivity index (χ4v) is 0.243. The molecule has 0 amide bonds. The number of hydrogen-bond donors (Lipinski definition) is 0. The van der Waals surface area contributed by atoms with Crippen LogP contribution in [0.4, 0.5) is 4.39 Å². The predicted molar refractivity (Wildman–Crippen MR) is 29.0 cm³/mol. The zero-order chi connectivity index (χ0) is 5.86. The third kappa shape index (κ3) is 5.34. The van der Waals surface area contributed by atoms with Gasteiger partial charge >= 0.3 is 0 Å². The summed E-state index contributed by atoms with van der Waals surface area (Å²) in [7, 11) is 0. The molecule has 0 spiro atoms. The Morgan fingerprint density at radius 2 is 2.00 bits per heavy atom. The fraction of sp³-hybridized carbons (Fsp3) is 0.400. The maximum atomic E-state index is 11.6. The molecule has 0 radical (unpaired) electrons. The van der Waals surface area contributed by atoms with Gasteiger partial charge in [-0.05, 0) is 20.4 Å². The van der Waals surface area contributed by atoms with Gasteiger partial charge in [0.25, 0.3) is 0 Å². The van der Waals surface area contributed by atoms with E-state index in [0.717, 1.165) is 0 Å². The number of rotatable bonds is 1. The Hall–Kier alpha value is -0.660. The van der Waals surface area contributed by atoms with Gasteiger partial charge in [-0.3, -0.25) is 0 Å². The average Bonchev–Trinajstić information content (AvgIpc) is 1.27. The van der Waals surface area contributed by atoms with Gasteiger partial charge in [-0.15, -0.1) is 0 Å². The number of aliphatic imine (C=N–C) groups is 1. The Labute approximate surface area is 42.6 Å². The lowest BCUT2D eigenvalue weighted by atomic mass is 10.5. The Kier molecular flexibility index (Phi) is 2.27. The van der Waals surface area contributed by atoms with E-state index in [1.165, 1.54) is 0 Å². The number of halogens is 1. The minimum Gasteiger partial charge on any atom is -0.230 e. The van der Waals surface area contributed by atoms with Crippen LogP contribution in [0.25, 0.3) is 0 Å². The van der Waals surface area contributed by atoms with Gasteiger partial charge in [-0.2, -0.15) is 4.39 Å². The van der Waals surface area contributed by atoms with Crippen LogP contribution < -0.4 is 0 Å². The Bertz CT molecular complexity index is 101. The maximum absolute atomic E-state index is 11.6. The molecule has 0 bridgehead atoms. The van der Waals surface area contributed by atoms with Gasteiger partial charge < -0.3 is 0 Å². The molecule has 0 saturated heterocycles. The zero-order valence-electron chi connectivity index (χ0n) is 4.53. The molecule has 0 aliphatic carbocycles. The summed E-state index contributed by atoms with van der Waals surface area (Å²) in [4.78, 5) is 3.33. The Balaban J connectivity index is 3.68. The molecule has 0 heterocycles. The van der Waals surface area contributed by atoms with Gasteiger partial charge in [0.15, 0.2) is 0 Å². The summed E-state index contributed by atoms with van der Waals surface area (Å²) < 4.78 is 11.6. The predicted octanol–water partition coefficient (Wildman–Crippen LogP) is 1.91. The minimum absolute atomic E-state index is 0.625. The molecule has 0 N–H and O–H groups in total. The molecule has 0 aliphatic heterocycles. The van der Waals surface area contributed by atoms with Crippen LogP contribution in [-0.4, -0.2) is 5.71 Å². The summed E-state index contributed by atoms with van der Waals surface area (Å²) in [6.45, 7) is 6.37. The van der Waals surface area contributed by atoms with Gasteiger partial charge in [0.05, 0.1) is 0 Å². The summed E-state index contributed by atoms with van der Waals surface area (Å²) in [5.41, 5.74) is 0.688. The van der Waals surface area contributed by atoms with Crippen LogP contribution in [0.1, 0.15) is 13.8 Å². The van der Waals surface area contributed by atoms with Crippen LogP contribution in [0.5, 0.6) is 0 Å². The van der Waals surface area contributed by atoms with Crippen LogP contribution in [0.2, 0.25) is 0 Å². The summed E-state index contributed by atoms with van der Waals surface area (Å²) >= 11 is 0. The zero-order valence-corrected chi connectivity index (χ0v) is 4.53. The number of nitrogens with zero attached hydrogens (tertiary/aromatic N) is 1. The van der Waals surface area contributed by atoms with Crippen molar-refractivity contribution in [2.24, 2.45) is 4.99 Å². The van der Waals surface area contributed by atoms with Crippen molar-refractivity contribution in [1.82, 2.24) is 0 Å². The van der Waals surface area contributed by atoms with Gasteiger partial charge in [-0.1, -0.05) is 0 Å². The van der Waals surface area contributed by atoms with Crippen LogP contribution in [0.3, 0.4) is 0 Å². The second-order valence-corrected chi connectivity index (χ2v) is 1.44. The SMILES string of the molecule is C=C(F)N=C(C)C. The van der Waals surface area contributed by atoms with Crippen molar-refractivity contribution < 1.29 is 4.39 Å². The first-order valence-corrected chi connectivity index (χ1v) is 1.99. The van der Waals surface area contributed by atoms with Gasteiger partial charge in [-0.25, -0.2) is 4.99 Å². The molecule has 0 aliphatic rings. The standard InChI is InChI=1S/C5H8FN/c1-4(2)7-5(3)6/h3H2,1-2H3. The second kappa shape index (κ2) is 2.50. The van der Waals surface area contributed by atoms with Crippen LogP contribution in [-0.2, 0) is 0 Å². The van der Waals surface area contributed by atoms with Crippen LogP contribution >= 0.6 is 0 Å². The van der Waals surface area contributed by atoms with E-state index in [2.05, 4.69) is 11.6 Å². The molecule has 0 saturated carbocycles. The quantitative estimate of drug-likeness (QED) is 0.353. The van der Waals surface area contributed by atoms with Gasteiger partial charge in [0.2, 0.25) is 5.95 Å². The highest BCUT2D eigenvalue weighted by atomic mass is 19.1. The van der Waals surface area contributed by atoms with E-state index >= 15 is 0 Å². The first-order valence-electron chi connectivity index (χ1n) is 1.99. The van der Waals surface area contributed by atoms with Crippen molar-refractivity contribution in [2.45, 2.75) is 13.8 Å². The largest absolute Gasteiger partial charge is 0.230 e. The van der Waals surface area contributed by atoms with E-state index in [0.29, 0.717) is 5.71 Å². The van der Waals surface area contributed by atoms with Crippen molar-refractivity contribution in [3.05, 3.63) is 12.5 Å². The molecule has 0 fully saturated rings. The molecule has 40 valence electrons. The average molecular weight is 101 g/mol. The molecule has 0 aromatic rings. The first kappa shape index (κ1) is 6.34. The smallest absolute Gasteiger partial charge is 0.205 e. The van der Waals surface area contributed by atoms with Crippen molar-refractivity contribution >= 4 is 5.71 Å². The van der Waals surface area contributed by atoms with E-state index in [-0.39, 0.29) is 0 Å². The van der Waals surface area contributed by atoms with Gasteiger partial charge in [0, 0.05) is 5.71 Å². The molecule has 2 heteroatoms. The lowest BCUT2D eigenvalue weighted by Crippen LogP contribution is -1.77. The molecule has 1 nitrogen and oxygen atoms in total. The molecule has 0 rings (SSSR count). The first-order chi connectivity index (χ1) is 3.13. The van der Waals surface area contributed by atoms with Crippen molar-refractivity contribution in [3.63, 3.8) is 0 Å². The highest BCUT2D eigenvalue weighted by Crippen LogP contribution is 1.91. The normalized spacial score (nSPS) is 7.86. The highest BCUT2D eigenvalue weighted by molar-refractivity contribution is 5.79. The van der Waals surface area contributed by atoms with Crippen molar-refractivity contribution in [1.29, 1.82) is 0 Å². The molecule has 0 atom stereocenters. The highest BCUT2D eigenvalue weighted by Gasteiger charge is 1.79. The third-order valence-corrected chi connectivity index (χ3v) is 0.345. The van der Waals surface area contributed by atoms with Gasteiger partial charge in [0.1, 0.15) is 0 Å². The monoisotopic (exact) mass is 101 g/mol. The molecule has 0 aromatic carbocycles. The molecular formula is C5H8FN. The van der Waals surface area contributed by atoms with Crippen LogP contribution in [0, 0.1) is 0 Å². The Morgan fingerprint density at radius 1 is 1.57 bits per heavy atom. The maximum Gasteiger partial charge on any atom is 0.205 e. The minimum atomic E-state index is -0.625. The molecule has 7 heavy (non-hydrogen) atoms. The second-order valence-electron chi connectivity index (χ2n) is 1.44. The molecular weight excluding hydrogens is 93.1 g/mol. The van der Waals surface area contributed by atoms with E-state index in [1.807, 2.05) is 0 Å². The van der Waals surface area contributed by atoms with Crippen LogP contribution in [0.15, 0.2) is 17.5 Å². The van der Waals surface area contributed by atoms with Crippen molar-refractivity contribution in [2.75, 3.05) is 0 Å². The van der Waals surface area contributed by atoms with Crippen molar-refractivity contribution in [3.8, 4) is 0 Å². The summed E-state index contributed by atoms with van der Waals surface area (Å²) in [5, 5.41) is 0. The lowest BCUT2D eigenvalue weighted by molar-refractivity contribution is 0.632. The summed E-state index contributed by atoms with van der Waals surface area (Å²) in [6, 6.07) is 0. The molecule has 0 unspecified atom stereocenters. The Morgan fingerprint density at radius 3 is 2.00 bits per heavy atom. The van der Waals surface area contributed by atoms with E-state index in [4.69, 9.17) is 0 Å². The number of hydrogen-bond acceptors (Lipinski definition) is 1. The summed E-state index contributed by atoms with van der Waals surface area (Å²) in [5.74, 6) is -0.625. The molecule has 0 aromatic heterocycles. The fourth-order valence-electron chi connectivity index (χ4n) is 0.243. The van der Waals surface area contributed by atoms with E-state index in [1.54, 1.807) is 13.8 Å². The lowest BCUT2D eigenvalue weighted by Gasteiger charge is -1.82. The van der Waals surface area contributed by atoms with E-state index in [9.17, 15) is 4.39 Å². The topological polar surface area (TPSA) is 12.4 Å².